The van der Waals surface area contributed by atoms with E-state index in [1.807, 2.05) is 13.0 Å². The first kappa shape index (κ1) is 18.6. The summed E-state index contributed by atoms with van der Waals surface area (Å²) >= 11 is 7.97. The molecule has 2 aromatic carbocycles. The molecule has 2 aliphatic heterocycles. The summed E-state index contributed by atoms with van der Waals surface area (Å²) in [6.45, 7) is 2.19. The average Bonchev–Trinajstić information content (AvgIpc) is 3.18. The average molecular weight is 432 g/mol. The normalized spacial score (nSPS) is 19.9. The van der Waals surface area contributed by atoms with E-state index < -0.39 is 6.10 Å². The number of aliphatic imine (C=N–C) groups is 1. The Morgan fingerprint density at radius 3 is 3.03 bits per heavy atom. The number of hydrogen-bond acceptors (Lipinski definition) is 8. The van der Waals surface area contributed by atoms with Crippen LogP contribution in [0.5, 0.6) is 11.5 Å². The summed E-state index contributed by atoms with van der Waals surface area (Å²) in [4.78, 5) is 9.39. The van der Waals surface area contributed by atoms with Crippen molar-refractivity contribution in [2.75, 3.05) is 25.6 Å². The van der Waals surface area contributed by atoms with E-state index in [0.29, 0.717) is 22.0 Å². The smallest absolute Gasteiger partial charge is 0.180 e. The van der Waals surface area contributed by atoms with E-state index >= 15 is 0 Å². The van der Waals surface area contributed by atoms with Crippen LogP contribution in [0.4, 0.5) is 11.4 Å². The third kappa shape index (κ3) is 3.12. The second-order valence-electron chi connectivity index (χ2n) is 6.90. The van der Waals surface area contributed by atoms with Crippen molar-refractivity contribution < 1.29 is 19.3 Å². The first-order valence-corrected chi connectivity index (χ1v) is 10.3. The summed E-state index contributed by atoms with van der Waals surface area (Å²) < 4.78 is 17.8. The second kappa shape index (κ2) is 7.14. The van der Waals surface area contributed by atoms with Crippen LogP contribution in [-0.2, 0) is 4.74 Å². The van der Waals surface area contributed by atoms with Gasteiger partial charge in [0.1, 0.15) is 21.8 Å². The second-order valence-corrected chi connectivity index (χ2v) is 8.31. The fourth-order valence-corrected chi connectivity index (χ4v) is 4.85. The van der Waals surface area contributed by atoms with Crippen LogP contribution >= 0.6 is 22.9 Å². The fraction of sp³-hybridized carbons (Fsp3) is 0.300. The molecule has 2 aliphatic rings. The van der Waals surface area contributed by atoms with Crippen LogP contribution in [-0.4, -0.2) is 49.0 Å². The van der Waals surface area contributed by atoms with Gasteiger partial charge in [-0.1, -0.05) is 11.6 Å². The molecule has 7 nitrogen and oxygen atoms in total. The number of hydrogen-bond donors (Lipinski definition) is 2. The fourth-order valence-electron chi connectivity index (χ4n) is 3.46. The summed E-state index contributed by atoms with van der Waals surface area (Å²) in [6, 6.07) is 5.79. The number of methoxy groups -OCH3 is 1. The number of aliphatic hydroxyl groups is 1. The van der Waals surface area contributed by atoms with Gasteiger partial charge in [0.15, 0.2) is 23.8 Å². The van der Waals surface area contributed by atoms with Gasteiger partial charge in [0.25, 0.3) is 0 Å². The lowest BCUT2D eigenvalue weighted by molar-refractivity contribution is 0.0469. The summed E-state index contributed by atoms with van der Waals surface area (Å²) in [5.74, 6) is 1.14. The van der Waals surface area contributed by atoms with Gasteiger partial charge in [0.2, 0.25) is 0 Å². The summed E-state index contributed by atoms with van der Waals surface area (Å²) in [6.07, 6.45) is 1.07. The Hall–Kier alpha value is -2.39. The van der Waals surface area contributed by atoms with Crippen molar-refractivity contribution in [2.24, 2.45) is 4.99 Å². The number of anilines is 1. The molecule has 9 heteroatoms. The van der Waals surface area contributed by atoms with Crippen molar-refractivity contribution >= 4 is 50.7 Å². The highest BCUT2D eigenvalue weighted by Crippen LogP contribution is 2.49. The summed E-state index contributed by atoms with van der Waals surface area (Å²) in [7, 11) is 1.63. The van der Waals surface area contributed by atoms with Crippen LogP contribution in [0.25, 0.3) is 20.8 Å². The molecule has 150 valence electrons. The standard InChI is InChI=1S/C20H18ClN3O4S/c1-9-3-11(16-13(4-9)23-15(26-2)6-22-16)20-24-17-12(21)5-14-18(19(17)29-20)27-8-10(7-25)28-14/h3-6,10,15,23,25H,7-8H2,1-2H3/t10-,15?/m0/s1. The summed E-state index contributed by atoms with van der Waals surface area (Å²) in [5.41, 5.74) is 4.36. The van der Waals surface area contributed by atoms with Crippen molar-refractivity contribution in [3.05, 3.63) is 28.8 Å². The SMILES string of the molecule is COC1C=Nc2c(cc(C)cc2-c2nc3c(Cl)cc4c(c3s2)OC[C@H](CO)O4)N1. The van der Waals surface area contributed by atoms with Gasteiger partial charge in [-0.15, -0.1) is 11.3 Å². The highest BCUT2D eigenvalue weighted by molar-refractivity contribution is 7.22. The Morgan fingerprint density at radius 2 is 2.24 bits per heavy atom. The molecule has 0 bridgehead atoms. The molecule has 0 fully saturated rings. The highest BCUT2D eigenvalue weighted by Gasteiger charge is 2.27. The van der Waals surface area contributed by atoms with Gasteiger partial charge in [-0.25, -0.2) is 4.98 Å². The Kier molecular flexibility index (Phi) is 4.59. The maximum atomic E-state index is 9.35. The van der Waals surface area contributed by atoms with Crippen molar-refractivity contribution in [2.45, 2.75) is 19.3 Å². The van der Waals surface area contributed by atoms with Crippen LogP contribution in [0.1, 0.15) is 5.56 Å². The number of aromatic nitrogens is 1. The quantitative estimate of drug-likeness (QED) is 0.647. The monoisotopic (exact) mass is 431 g/mol. The van der Waals surface area contributed by atoms with Crippen LogP contribution in [0.2, 0.25) is 5.02 Å². The molecule has 0 radical (unpaired) electrons. The minimum Gasteiger partial charge on any atom is -0.484 e. The molecule has 0 amide bonds. The molecule has 0 saturated heterocycles. The molecule has 1 aromatic heterocycles. The molecular weight excluding hydrogens is 414 g/mol. The molecule has 3 aromatic rings. The molecule has 2 N–H and O–H groups in total. The lowest BCUT2D eigenvalue weighted by Gasteiger charge is -2.25. The maximum absolute atomic E-state index is 9.35. The molecule has 2 atom stereocenters. The third-order valence-electron chi connectivity index (χ3n) is 4.83. The number of halogens is 1. The molecule has 5 rings (SSSR count). The molecule has 0 saturated carbocycles. The molecule has 0 aliphatic carbocycles. The van der Waals surface area contributed by atoms with Crippen LogP contribution in [0.3, 0.4) is 0 Å². The van der Waals surface area contributed by atoms with Crippen molar-refractivity contribution in [3.8, 4) is 22.1 Å². The van der Waals surface area contributed by atoms with Gasteiger partial charge in [-0.3, -0.25) is 4.99 Å². The predicted molar refractivity (Wildman–Crippen MR) is 114 cm³/mol. The number of aryl methyl sites for hydroxylation is 1. The number of benzene rings is 2. The number of ether oxygens (including phenoxy) is 3. The molecular formula is C20H18ClN3O4S. The number of fused-ring (bicyclic) bond motifs is 4. The number of thiazole rings is 1. The Labute approximate surface area is 175 Å². The lowest BCUT2D eigenvalue weighted by atomic mass is 10.1. The number of rotatable bonds is 3. The summed E-state index contributed by atoms with van der Waals surface area (Å²) in [5, 5.41) is 13.9. The molecule has 1 unspecified atom stereocenters. The van der Waals surface area contributed by atoms with Gasteiger partial charge in [-0.05, 0) is 24.6 Å². The molecule has 3 heterocycles. The van der Waals surface area contributed by atoms with Gasteiger partial charge < -0.3 is 24.6 Å². The highest BCUT2D eigenvalue weighted by atomic mass is 35.5. The number of nitrogens with one attached hydrogen (secondary N) is 1. The molecule has 29 heavy (non-hydrogen) atoms. The van der Waals surface area contributed by atoms with E-state index in [1.54, 1.807) is 19.4 Å². The topological polar surface area (TPSA) is 85.2 Å². The zero-order valence-corrected chi connectivity index (χ0v) is 17.3. The minimum atomic E-state index is -0.402. The van der Waals surface area contributed by atoms with Gasteiger partial charge in [-0.2, -0.15) is 0 Å². The predicted octanol–water partition coefficient (Wildman–Crippen LogP) is 4.16. The van der Waals surface area contributed by atoms with Gasteiger partial charge in [0.05, 0.1) is 29.2 Å². The lowest BCUT2D eigenvalue weighted by Crippen LogP contribution is -2.32. The van der Waals surface area contributed by atoms with E-state index in [9.17, 15) is 5.11 Å². The number of aliphatic hydroxyl groups excluding tert-OH is 1. The van der Waals surface area contributed by atoms with E-state index in [-0.39, 0.29) is 19.4 Å². The Morgan fingerprint density at radius 1 is 1.38 bits per heavy atom. The van der Waals surface area contributed by atoms with Crippen LogP contribution in [0.15, 0.2) is 23.2 Å². The zero-order chi connectivity index (χ0) is 20.1. The first-order chi connectivity index (χ1) is 14.1. The van der Waals surface area contributed by atoms with Crippen molar-refractivity contribution in [1.29, 1.82) is 0 Å². The van der Waals surface area contributed by atoms with Gasteiger partial charge >= 0.3 is 0 Å². The zero-order valence-electron chi connectivity index (χ0n) is 15.7. The Bertz CT molecular complexity index is 1150. The minimum absolute atomic E-state index is 0.119. The van der Waals surface area contributed by atoms with E-state index in [1.165, 1.54) is 11.3 Å². The largest absolute Gasteiger partial charge is 0.484 e. The van der Waals surface area contributed by atoms with Crippen LogP contribution in [0, 0.1) is 6.92 Å². The van der Waals surface area contributed by atoms with Crippen LogP contribution < -0.4 is 14.8 Å². The first-order valence-electron chi connectivity index (χ1n) is 9.09. The van der Waals surface area contributed by atoms with Crippen molar-refractivity contribution in [3.63, 3.8) is 0 Å². The van der Waals surface area contributed by atoms with E-state index in [2.05, 4.69) is 16.4 Å². The van der Waals surface area contributed by atoms with E-state index in [4.69, 9.17) is 30.8 Å². The maximum Gasteiger partial charge on any atom is 0.180 e. The van der Waals surface area contributed by atoms with Crippen molar-refractivity contribution in [1.82, 2.24) is 4.98 Å². The van der Waals surface area contributed by atoms with Gasteiger partial charge in [0, 0.05) is 18.7 Å². The third-order valence-corrected chi connectivity index (χ3v) is 6.20. The number of nitrogens with zero attached hydrogens (tertiary/aromatic N) is 2. The molecule has 0 spiro atoms. The Balaban J connectivity index is 1.66. The van der Waals surface area contributed by atoms with E-state index in [0.717, 1.165) is 32.2 Å².